The van der Waals surface area contributed by atoms with E-state index >= 15 is 0 Å². The van der Waals surface area contributed by atoms with Gasteiger partial charge in [-0.2, -0.15) is 0 Å². The van der Waals surface area contributed by atoms with Gasteiger partial charge in [0.25, 0.3) is 0 Å². The number of rotatable bonds is 2. The summed E-state index contributed by atoms with van der Waals surface area (Å²) in [5.41, 5.74) is 5.31. The molecule has 0 radical (unpaired) electrons. The molecule has 5 nitrogen and oxygen atoms in total. The first kappa shape index (κ1) is 12.2. The van der Waals surface area contributed by atoms with E-state index in [-0.39, 0.29) is 6.03 Å². The second-order valence-electron chi connectivity index (χ2n) is 6.01. The first-order valence-electron chi connectivity index (χ1n) is 7.25. The van der Waals surface area contributed by atoms with Gasteiger partial charge in [-0.05, 0) is 44.7 Å². The average Bonchev–Trinajstić information content (AvgIpc) is 2.41. The molecule has 1 unspecified atom stereocenters. The van der Waals surface area contributed by atoms with Gasteiger partial charge in [-0.15, -0.1) is 0 Å². The normalized spacial score (nSPS) is 36.9. The Bertz CT molecular complexity index is 306. The van der Waals surface area contributed by atoms with Crippen molar-refractivity contribution in [3.8, 4) is 0 Å². The number of likely N-dealkylation sites (tertiary alicyclic amines) is 1. The highest BCUT2D eigenvalue weighted by Crippen LogP contribution is 2.28. The number of carbonyl (C=O) groups excluding carboxylic acids is 1. The third-order valence-corrected chi connectivity index (χ3v) is 4.91. The van der Waals surface area contributed by atoms with Crippen LogP contribution in [0.5, 0.6) is 0 Å². The Morgan fingerprint density at radius 1 is 1.06 bits per heavy atom. The molecule has 1 atom stereocenters. The SMILES string of the molecule is NC(=O)N1CCC(NC2CN3CCC2CC3)CC1. The largest absolute Gasteiger partial charge is 0.351 e. The Kier molecular flexibility index (Phi) is 3.43. The quantitative estimate of drug-likeness (QED) is 0.739. The highest BCUT2D eigenvalue weighted by molar-refractivity contribution is 5.72. The molecule has 4 saturated heterocycles. The first-order valence-corrected chi connectivity index (χ1v) is 7.25. The zero-order chi connectivity index (χ0) is 12.5. The molecule has 3 N–H and O–H groups in total. The molecular weight excluding hydrogens is 228 g/mol. The molecule has 4 rings (SSSR count). The minimum absolute atomic E-state index is 0.267. The number of nitrogens with one attached hydrogen (secondary N) is 1. The number of amides is 2. The lowest BCUT2D eigenvalue weighted by Crippen LogP contribution is -2.59. The lowest BCUT2D eigenvalue weighted by molar-refractivity contribution is 0.0618. The van der Waals surface area contributed by atoms with Crippen molar-refractivity contribution in [2.45, 2.75) is 37.8 Å². The predicted molar refractivity (Wildman–Crippen MR) is 70.3 cm³/mol. The minimum atomic E-state index is -0.267. The molecule has 102 valence electrons. The first-order chi connectivity index (χ1) is 8.72. The number of nitrogens with zero attached hydrogens (tertiary/aromatic N) is 2. The standard InChI is InChI=1S/C13H24N4O/c14-13(18)17-7-3-11(4-8-17)15-12-9-16-5-1-10(12)2-6-16/h10-12,15H,1-9H2,(H2,14,18). The Morgan fingerprint density at radius 2 is 1.72 bits per heavy atom. The second kappa shape index (κ2) is 5.05. The molecule has 5 heteroatoms. The molecule has 0 aromatic carbocycles. The summed E-state index contributed by atoms with van der Waals surface area (Å²) in [6.07, 6.45) is 4.81. The minimum Gasteiger partial charge on any atom is -0.351 e. The number of primary amides is 1. The van der Waals surface area contributed by atoms with E-state index in [4.69, 9.17) is 5.73 Å². The van der Waals surface area contributed by atoms with Gasteiger partial charge in [-0.1, -0.05) is 0 Å². The van der Waals surface area contributed by atoms with Gasteiger partial charge in [-0.25, -0.2) is 4.79 Å². The monoisotopic (exact) mass is 252 g/mol. The molecule has 4 fully saturated rings. The predicted octanol–water partition coefficient (Wildman–Crippen LogP) is 0.213. The third kappa shape index (κ3) is 2.47. The van der Waals surface area contributed by atoms with Crippen LogP contribution in [-0.2, 0) is 0 Å². The molecule has 0 saturated carbocycles. The van der Waals surface area contributed by atoms with E-state index in [0.29, 0.717) is 12.1 Å². The van der Waals surface area contributed by atoms with Crippen LogP contribution in [0.4, 0.5) is 4.79 Å². The molecule has 4 heterocycles. The molecule has 4 aliphatic heterocycles. The van der Waals surface area contributed by atoms with Crippen LogP contribution in [0.15, 0.2) is 0 Å². The zero-order valence-corrected chi connectivity index (χ0v) is 11.0. The van der Waals surface area contributed by atoms with Crippen LogP contribution in [0.1, 0.15) is 25.7 Å². The lowest BCUT2D eigenvalue weighted by atomic mass is 9.83. The van der Waals surface area contributed by atoms with Crippen molar-refractivity contribution in [1.29, 1.82) is 0 Å². The van der Waals surface area contributed by atoms with E-state index in [0.717, 1.165) is 31.8 Å². The Balaban J connectivity index is 1.48. The maximum absolute atomic E-state index is 11.1. The van der Waals surface area contributed by atoms with Gasteiger partial charge in [0.2, 0.25) is 0 Å². The molecule has 4 aliphatic rings. The fourth-order valence-corrected chi connectivity index (χ4v) is 3.72. The zero-order valence-electron chi connectivity index (χ0n) is 11.0. The summed E-state index contributed by atoms with van der Waals surface area (Å²) in [4.78, 5) is 15.4. The van der Waals surface area contributed by atoms with Crippen LogP contribution in [0, 0.1) is 5.92 Å². The average molecular weight is 252 g/mol. The molecule has 0 spiro atoms. The number of hydrogen-bond donors (Lipinski definition) is 2. The van der Waals surface area contributed by atoms with E-state index in [2.05, 4.69) is 10.2 Å². The maximum Gasteiger partial charge on any atom is 0.314 e. The summed E-state index contributed by atoms with van der Waals surface area (Å²) in [5.74, 6) is 0.879. The van der Waals surface area contributed by atoms with Crippen LogP contribution >= 0.6 is 0 Å². The summed E-state index contributed by atoms with van der Waals surface area (Å²) in [5, 5.41) is 3.83. The number of hydrogen-bond acceptors (Lipinski definition) is 3. The summed E-state index contributed by atoms with van der Waals surface area (Å²) < 4.78 is 0. The van der Waals surface area contributed by atoms with E-state index in [1.807, 2.05) is 0 Å². The highest BCUT2D eigenvalue weighted by atomic mass is 16.2. The second-order valence-corrected chi connectivity index (χ2v) is 6.01. The van der Waals surface area contributed by atoms with Crippen LogP contribution in [-0.4, -0.2) is 60.6 Å². The molecule has 0 aromatic rings. The summed E-state index contributed by atoms with van der Waals surface area (Å²) >= 11 is 0. The smallest absolute Gasteiger partial charge is 0.314 e. The maximum atomic E-state index is 11.1. The van der Waals surface area contributed by atoms with E-state index in [1.54, 1.807) is 4.90 Å². The Hall–Kier alpha value is -0.810. The van der Waals surface area contributed by atoms with Crippen molar-refractivity contribution in [1.82, 2.24) is 15.1 Å². The number of carbonyl (C=O) groups is 1. The van der Waals surface area contributed by atoms with Gasteiger partial charge in [0.05, 0.1) is 0 Å². The topological polar surface area (TPSA) is 61.6 Å². The molecule has 2 bridgehead atoms. The lowest BCUT2D eigenvalue weighted by Gasteiger charge is -2.47. The number of urea groups is 1. The third-order valence-electron chi connectivity index (χ3n) is 4.91. The van der Waals surface area contributed by atoms with Gasteiger partial charge < -0.3 is 20.9 Å². The van der Waals surface area contributed by atoms with E-state index < -0.39 is 0 Å². The Morgan fingerprint density at radius 3 is 2.22 bits per heavy atom. The summed E-state index contributed by atoms with van der Waals surface area (Å²) in [6.45, 7) is 5.44. The van der Waals surface area contributed by atoms with Gasteiger partial charge in [0.15, 0.2) is 0 Å². The molecule has 0 aromatic heterocycles. The molecular formula is C13H24N4O. The number of piperidine rings is 4. The van der Waals surface area contributed by atoms with Crippen LogP contribution in [0.2, 0.25) is 0 Å². The number of fused-ring (bicyclic) bond motifs is 3. The molecule has 2 amide bonds. The highest BCUT2D eigenvalue weighted by Gasteiger charge is 2.35. The van der Waals surface area contributed by atoms with Gasteiger partial charge in [0.1, 0.15) is 0 Å². The Labute approximate surface area is 109 Å². The van der Waals surface area contributed by atoms with E-state index in [9.17, 15) is 4.79 Å². The van der Waals surface area contributed by atoms with Crippen LogP contribution in [0.25, 0.3) is 0 Å². The van der Waals surface area contributed by atoms with Crippen molar-refractivity contribution in [2.24, 2.45) is 11.7 Å². The summed E-state index contributed by atoms with van der Waals surface area (Å²) in [6, 6.07) is 0.986. The molecule has 0 aliphatic carbocycles. The van der Waals surface area contributed by atoms with Crippen molar-refractivity contribution in [3.63, 3.8) is 0 Å². The van der Waals surface area contributed by atoms with E-state index in [1.165, 1.54) is 32.5 Å². The van der Waals surface area contributed by atoms with Crippen molar-refractivity contribution in [3.05, 3.63) is 0 Å². The van der Waals surface area contributed by atoms with Crippen LogP contribution in [0.3, 0.4) is 0 Å². The van der Waals surface area contributed by atoms with Crippen molar-refractivity contribution >= 4 is 6.03 Å². The molecule has 18 heavy (non-hydrogen) atoms. The fourth-order valence-electron chi connectivity index (χ4n) is 3.72. The number of nitrogens with two attached hydrogens (primary N) is 1. The summed E-state index contributed by atoms with van der Waals surface area (Å²) in [7, 11) is 0. The van der Waals surface area contributed by atoms with Gasteiger partial charge in [0, 0.05) is 31.7 Å². The fraction of sp³-hybridized carbons (Fsp3) is 0.923. The van der Waals surface area contributed by atoms with Crippen molar-refractivity contribution in [2.75, 3.05) is 32.7 Å². The van der Waals surface area contributed by atoms with Crippen molar-refractivity contribution < 1.29 is 4.79 Å². The van der Waals surface area contributed by atoms with Gasteiger partial charge in [-0.3, -0.25) is 0 Å². The van der Waals surface area contributed by atoms with Gasteiger partial charge >= 0.3 is 6.03 Å². The van der Waals surface area contributed by atoms with Crippen LogP contribution < -0.4 is 11.1 Å².